The van der Waals surface area contributed by atoms with E-state index in [1.54, 1.807) is 18.3 Å². The van der Waals surface area contributed by atoms with Gasteiger partial charge in [-0.3, -0.25) is 0 Å². The minimum atomic E-state index is -0.970. The molecule has 2 aromatic heterocycles. The van der Waals surface area contributed by atoms with Crippen molar-refractivity contribution >= 4 is 10.9 Å². The fraction of sp³-hybridized carbons (Fsp3) is 0.143. The fourth-order valence-electron chi connectivity index (χ4n) is 3.47. The van der Waals surface area contributed by atoms with E-state index < -0.39 is 23.3 Å². The predicted octanol–water partition coefficient (Wildman–Crippen LogP) is 5.66. The molecule has 0 radical (unpaired) electrons. The van der Waals surface area contributed by atoms with Crippen LogP contribution in [0.1, 0.15) is 18.9 Å². The molecule has 140 valence electrons. The minimum Gasteiger partial charge on any atom is -0.337 e. The molecule has 2 heterocycles. The number of hydrogen-bond acceptors (Lipinski definition) is 2. The van der Waals surface area contributed by atoms with Gasteiger partial charge in [0.25, 0.3) is 0 Å². The Bertz CT molecular complexity index is 1230. The van der Waals surface area contributed by atoms with Crippen molar-refractivity contribution in [3.05, 3.63) is 71.9 Å². The summed E-state index contributed by atoms with van der Waals surface area (Å²) in [5.41, 5.74) is 2.81. The Morgan fingerprint density at radius 1 is 0.786 bits per heavy atom. The van der Waals surface area contributed by atoms with Gasteiger partial charge < -0.3 is 4.57 Å². The Labute approximate surface area is 157 Å². The van der Waals surface area contributed by atoms with Gasteiger partial charge in [-0.2, -0.15) is 10.2 Å². The van der Waals surface area contributed by atoms with Crippen LogP contribution in [0.3, 0.4) is 0 Å². The first-order valence-electron chi connectivity index (χ1n) is 8.80. The monoisotopic (exact) mass is 383 g/mol. The number of rotatable bonds is 3. The van der Waals surface area contributed by atoms with Crippen molar-refractivity contribution in [2.24, 2.45) is 0 Å². The van der Waals surface area contributed by atoms with Crippen molar-refractivity contribution < 1.29 is 17.6 Å². The van der Waals surface area contributed by atoms with E-state index in [-0.39, 0.29) is 6.04 Å². The Balaban J connectivity index is 1.68. The number of nitrogens with zero attached hydrogens (tertiary/aromatic N) is 3. The summed E-state index contributed by atoms with van der Waals surface area (Å²) >= 11 is 0. The molecule has 1 aliphatic rings. The van der Waals surface area contributed by atoms with Crippen LogP contribution < -0.4 is 0 Å². The van der Waals surface area contributed by atoms with E-state index in [9.17, 15) is 17.6 Å². The largest absolute Gasteiger partial charge is 0.337 e. The smallest absolute Gasteiger partial charge is 0.160 e. The number of aromatic nitrogens is 3. The van der Waals surface area contributed by atoms with Crippen molar-refractivity contribution in [1.29, 1.82) is 0 Å². The molecule has 28 heavy (non-hydrogen) atoms. The maximum atomic E-state index is 13.8. The Kier molecular flexibility index (Phi) is 3.72. The molecule has 4 aromatic rings. The number of halogens is 4. The molecule has 0 bridgehead atoms. The summed E-state index contributed by atoms with van der Waals surface area (Å²) in [5, 5.41) is 8.59. The highest BCUT2D eigenvalue weighted by Gasteiger charge is 2.28. The van der Waals surface area contributed by atoms with E-state index >= 15 is 0 Å². The summed E-state index contributed by atoms with van der Waals surface area (Å²) in [6.45, 7) is 0. The van der Waals surface area contributed by atoms with Crippen LogP contribution in [0.5, 0.6) is 0 Å². The summed E-state index contributed by atoms with van der Waals surface area (Å²) in [6.07, 6.45) is 3.44. The molecule has 1 fully saturated rings. The SMILES string of the molecule is Fc1ccc(-c2cc(-c3cc4cc(F)c(F)cc4n3C3CC3)cnn2)cc1F. The zero-order valence-corrected chi connectivity index (χ0v) is 14.5. The van der Waals surface area contributed by atoms with E-state index in [1.807, 2.05) is 4.57 Å². The molecule has 0 amide bonds. The predicted molar refractivity (Wildman–Crippen MR) is 96.5 cm³/mol. The van der Waals surface area contributed by atoms with Gasteiger partial charge in [0.2, 0.25) is 0 Å². The lowest BCUT2D eigenvalue weighted by molar-refractivity contribution is 0.509. The van der Waals surface area contributed by atoms with Crippen LogP contribution in [0.4, 0.5) is 17.6 Å². The molecule has 3 nitrogen and oxygen atoms in total. The van der Waals surface area contributed by atoms with Crippen LogP contribution >= 0.6 is 0 Å². The maximum absolute atomic E-state index is 13.8. The second-order valence-corrected chi connectivity index (χ2v) is 6.91. The molecule has 1 saturated carbocycles. The Hall–Kier alpha value is -3.22. The van der Waals surface area contributed by atoms with Gasteiger partial charge in [0.15, 0.2) is 23.3 Å². The van der Waals surface area contributed by atoms with E-state index in [2.05, 4.69) is 10.2 Å². The number of fused-ring (bicyclic) bond motifs is 1. The molecule has 0 unspecified atom stereocenters. The highest BCUT2D eigenvalue weighted by Crippen LogP contribution is 2.43. The third-order valence-electron chi connectivity index (χ3n) is 4.96. The first-order chi connectivity index (χ1) is 13.5. The molecule has 2 aromatic carbocycles. The Morgan fingerprint density at radius 3 is 2.29 bits per heavy atom. The van der Waals surface area contributed by atoms with Crippen LogP contribution in [0, 0.1) is 23.3 Å². The lowest BCUT2D eigenvalue weighted by Gasteiger charge is -2.10. The van der Waals surface area contributed by atoms with E-state index in [0.717, 1.165) is 30.7 Å². The van der Waals surface area contributed by atoms with Crippen molar-refractivity contribution in [2.45, 2.75) is 18.9 Å². The first-order valence-corrected chi connectivity index (χ1v) is 8.80. The van der Waals surface area contributed by atoms with Gasteiger partial charge in [-0.15, -0.1) is 0 Å². The van der Waals surface area contributed by atoms with Crippen molar-refractivity contribution in [2.75, 3.05) is 0 Å². The maximum Gasteiger partial charge on any atom is 0.160 e. The normalized spacial score (nSPS) is 14.0. The molecule has 0 spiro atoms. The third kappa shape index (κ3) is 2.74. The van der Waals surface area contributed by atoms with Gasteiger partial charge in [-0.25, -0.2) is 17.6 Å². The van der Waals surface area contributed by atoms with Gasteiger partial charge in [-0.1, -0.05) is 0 Å². The van der Waals surface area contributed by atoms with Crippen LogP contribution in [-0.4, -0.2) is 14.8 Å². The van der Waals surface area contributed by atoms with E-state index in [1.165, 1.54) is 18.2 Å². The number of hydrogen-bond donors (Lipinski definition) is 0. The molecule has 0 atom stereocenters. The molecule has 0 N–H and O–H groups in total. The average Bonchev–Trinajstić information content (AvgIpc) is 3.46. The molecule has 5 rings (SSSR count). The van der Waals surface area contributed by atoms with Crippen LogP contribution in [-0.2, 0) is 0 Å². The molecule has 7 heteroatoms. The van der Waals surface area contributed by atoms with Gasteiger partial charge in [0.05, 0.1) is 23.1 Å². The van der Waals surface area contributed by atoms with Gasteiger partial charge >= 0.3 is 0 Å². The molecule has 0 saturated heterocycles. The third-order valence-corrected chi connectivity index (χ3v) is 4.96. The summed E-state index contributed by atoms with van der Waals surface area (Å²) in [7, 11) is 0. The zero-order valence-electron chi connectivity index (χ0n) is 14.5. The minimum absolute atomic E-state index is 0.206. The summed E-state index contributed by atoms with van der Waals surface area (Å²) in [6, 6.07) is 9.60. The lowest BCUT2D eigenvalue weighted by Crippen LogP contribution is -1.99. The highest BCUT2D eigenvalue weighted by molar-refractivity contribution is 5.88. The summed E-state index contributed by atoms with van der Waals surface area (Å²) < 4.78 is 56.3. The van der Waals surface area contributed by atoms with Crippen LogP contribution in [0.25, 0.3) is 33.4 Å². The van der Waals surface area contributed by atoms with Crippen molar-refractivity contribution in [3.63, 3.8) is 0 Å². The Morgan fingerprint density at radius 2 is 1.54 bits per heavy atom. The molecule has 0 aliphatic heterocycles. The van der Waals surface area contributed by atoms with Gasteiger partial charge in [0, 0.05) is 28.6 Å². The van der Waals surface area contributed by atoms with Gasteiger partial charge in [-0.05, 0) is 49.2 Å². The topological polar surface area (TPSA) is 30.7 Å². The number of benzene rings is 2. The second-order valence-electron chi connectivity index (χ2n) is 6.91. The zero-order chi connectivity index (χ0) is 19.4. The standard InChI is InChI=1S/C21H13F4N3/c22-15-4-1-11(5-16(15)23)19-7-13(10-26-27-19)20-8-12-6-17(24)18(25)9-21(12)28(20)14-2-3-14/h1,4-10,14H,2-3H2. The molecular formula is C21H13F4N3. The lowest BCUT2D eigenvalue weighted by atomic mass is 10.1. The average molecular weight is 383 g/mol. The second kappa shape index (κ2) is 6.15. The van der Waals surface area contributed by atoms with Gasteiger partial charge in [0.1, 0.15) is 0 Å². The quantitative estimate of drug-likeness (QED) is 0.428. The van der Waals surface area contributed by atoms with E-state index in [4.69, 9.17) is 0 Å². The van der Waals surface area contributed by atoms with Crippen molar-refractivity contribution in [3.8, 4) is 22.5 Å². The fourth-order valence-corrected chi connectivity index (χ4v) is 3.47. The van der Waals surface area contributed by atoms with E-state index in [0.29, 0.717) is 27.7 Å². The summed E-state index contributed by atoms with van der Waals surface area (Å²) in [4.78, 5) is 0. The highest BCUT2D eigenvalue weighted by atomic mass is 19.2. The summed E-state index contributed by atoms with van der Waals surface area (Å²) in [5.74, 6) is -3.70. The molecular weight excluding hydrogens is 370 g/mol. The van der Waals surface area contributed by atoms with Crippen molar-refractivity contribution in [1.82, 2.24) is 14.8 Å². The van der Waals surface area contributed by atoms with Crippen LogP contribution in [0.15, 0.2) is 48.7 Å². The first kappa shape index (κ1) is 16.9. The van der Waals surface area contributed by atoms with Crippen LogP contribution in [0.2, 0.25) is 0 Å². The molecule has 1 aliphatic carbocycles.